The molecule has 1 aliphatic heterocycles. The molecule has 0 bridgehead atoms. The second kappa shape index (κ2) is 7.09. The fourth-order valence-electron chi connectivity index (χ4n) is 3.15. The third kappa shape index (κ3) is 2.99. The first-order valence-corrected chi connectivity index (χ1v) is 11.3. The lowest BCUT2D eigenvalue weighted by Crippen LogP contribution is -2.49. The van der Waals surface area contributed by atoms with Gasteiger partial charge in [-0.2, -0.15) is 0 Å². The lowest BCUT2D eigenvalue weighted by Gasteiger charge is -2.36. The van der Waals surface area contributed by atoms with Crippen molar-refractivity contribution in [2.75, 3.05) is 31.6 Å². The minimum absolute atomic E-state index is 0.0728. The maximum Gasteiger partial charge on any atom is 0.198 e. The van der Waals surface area contributed by atoms with Gasteiger partial charge in [-0.3, -0.25) is 0 Å². The number of alkyl halides is 1. The van der Waals surface area contributed by atoms with Crippen molar-refractivity contribution >= 4 is 31.3 Å². The van der Waals surface area contributed by atoms with Crippen molar-refractivity contribution in [3.05, 3.63) is 23.8 Å². The molecule has 1 fully saturated rings. The van der Waals surface area contributed by atoms with Gasteiger partial charge in [0.05, 0.1) is 25.7 Å². The van der Waals surface area contributed by atoms with Gasteiger partial charge in [-0.05, 0) is 37.0 Å². The molecule has 2 rings (SSSR count). The van der Waals surface area contributed by atoms with E-state index in [1.54, 1.807) is 0 Å². The van der Waals surface area contributed by atoms with Crippen LogP contribution in [0.2, 0.25) is 0 Å². The van der Waals surface area contributed by atoms with Crippen molar-refractivity contribution in [3.8, 4) is 11.5 Å². The molecular formula is C15H21ClO6S2. The van der Waals surface area contributed by atoms with Gasteiger partial charge in [0.1, 0.15) is 0 Å². The Bertz CT molecular complexity index is 767. The quantitative estimate of drug-likeness (QED) is 0.684. The second-order valence-corrected chi connectivity index (χ2v) is 10.9. The number of hydrogen-bond acceptors (Lipinski definition) is 6. The Labute approximate surface area is 147 Å². The molecule has 1 saturated heterocycles. The highest BCUT2D eigenvalue weighted by Crippen LogP contribution is 2.47. The van der Waals surface area contributed by atoms with E-state index < -0.39 is 23.8 Å². The number of halogens is 1. The summed E-state index contributed by atoms with van der Waals surface area (Å²) in [6.07, 6.45) is 0.311. The Balaban J connectivity index is 2.77. The van der Waals surface area contributed by atoms with Crippen molar-refractivity contribution in [2.24, 2.45) is 0 Å². The zero-order valence-electron chi connectivity index (χ0n) is 13.6. The Morgan fingerprint density at radius 1 is 1.04 bits per heavy atom. The summed E-state index contributed by atoms with van der Waals surface area (Å²) < 4.78 is 59.9. The highest BCUT2D eigenvalue weighted by atomic mass is 35.5. The molecule has 0 N–H and O–H groups in total. The molecule has 24 heavy (non-hydrogen) atoms. The maximum absolute atomic E-state index is 12.9. The van der Waals surface area contributed by atoms with Gasteiger partial charge < -0.3 is 9.47 Å². The standard InChI is InChI=1S/C15H21ClO6S2/c1-21-13-6-5-12(11-14(13)22-2)15(7-3-8-16)23(17,18)9-4-10-24(15,19)20/h5-6,11H,3-4,7-10H2,1-2H3. The van der Waals surface area contributed by atoms with Crippen LogP contribution in [0, 0.1) is 0 Å². The van der Waals surface area contributed by atoms with Gasteiger partial charge in [-0.1, -0.05) is 6.07 Å². The largest absolute Gasteiger partial charge is 0.493 e. The van der Waals surface area contributed by atoms with Crippen LogP contribution in [-0.4, -0.2) is 48.4 Å². The van der Waals surface area contributed by atoms with Gasteiger partial charge in [-0.15, -0.1) is 11.6 Å². The summed E-state index contributed by atoms with van der Waals surface area (Å²) in [4.78, 5) is 0. The van der Waals surface area contributed by atoms with Gasteiger partial charge >= 0.3 is 0 Å². The van der Waals surface area contributed by atoms with Crippen LogP contribution in [0.15, 0.2) is 18.2 Å². The van der Waals surface area contributed by atoms with Gasteiger partial charge in [-0.25, -0.2) is 16.8 Å². The number of hydrogen-bond donors (Lipinski definition) is 0. The first-order chi connectivity index (χ1) is 11.3. The molecule has 1 aromatic carbocycles. The monoisotopic (exact) mass is 396 g/mol. The molecule has 136 valence electrons. The van der Waals surface area contributed by atoms with E-state index >= 15 is 0 Å². The summed E-state index contributed by atoms with van der Waals surface area (Å²) >= 11 is 5.73. The van der Waals surface area contributed by atoms with Crippen LogP contribution in [0.1, 0.15) is 24.8 Å². The summed E-state index contributed by atoms with van der Waals surface area (Å²) in [5.74, 6) is 0.543. The van der Waals surface area contributed by atoms with Gasteiger partial charge in [0.15, 0.2) is 35.3 Å². The molecule has 9 heteroatoms. The minimum Gasteiger partial charge on any atom is -0.493 e. The van der Waals surface area contributed by atoms with Crippen LogP contribution in [0.4, 0.5) is 0 Å². The predicted octanol–water partition coefficient (Wildman–Crippen LogP) is 2.11. The highest BCUT2D eigenvalue weighted by molar-refractivity contribution is 8.10. The van der Waals surface area contributed by atoms with Gasteiger partial charge in [0.25, 0.3) is 0 Å². The number of methoxy groups -OCH3 is 2. The zero-order chi connectivity index (χ0) is 18.0. The summed E-state index contributed by atoms with van der Waals surface area (Å²) in [5, 5.41) is 0. The maximum atomic E-state index is 12.9. The third-order valence-electron chi connectivity index (χ3n) is 4.29. The third-order valence-corrected chi connectivity index (χ3v) is 10.6. The van der Waals surface area contributed by atoms with E-state index in [-0.39, 0.29) is 48.0 Å². The molecule has 0 aliphatic carbocycles. The molecule has 0 unspecified atom stereocenters. The fourth-order valence-corrected chi connectivity index (χ4v) is 9.10. The Hall–Kier alpha value is -0.990. The van der Waals surface area contributed by atoms with Crippen molar-refractivity contribution in [1.82, 2.24) is 0 Å². The van der Waals surface area contributed by atoms with Crippen LogP contribution in [0.3, 0.4) is 0 Å². The van der Waals surface area contributed by atoms with E-state index in [9.17, 15) is 16.8 Å². The Kier molecular flexibility index (Phi) is 5.71. The summed E-state index contributed by atoms with van der Waals surface area (Å²) in [6, 6.07) is 4.44. The van der Waals surface area contributed by atoms with E-state index in [0.29, 0.717) is 5.75 Å². The van der Waals surface area contributed by atoms with Gasteiger partial charge in [0, 0.05) is 5.88 Å². The van der Waals surface area contributed by atoms with Crippen LogP contribution in [0.5, 0.6) is 11.5 Å². The van der Waals surface area contributed by atoms with Crippen molar-refractivity contribution < 1.29 is 26.3 Å². The lowest BCUT2D eigenvalue weighted by molar-refractivity contribution is 0.354. The van der Waals surface area contributed by atoms with E-state index in [1.807, 2.05) is 0 Å². The molecule has 6 nitrogen and oxygen atoms in total. The first kappa shape index (κ1) is 19.3. The molecule has 0 spiro atoms. The number of rotatable bonds is 6. The topological polar surface area (TPSA) is 86.7 Å². The number of sulfone groups is 2. The lowest BCUT2D eigenvalue weighted by atomic mass is 10.1. The Morgan fingerprint density at radius 3 is 2.12 bits per heavy atom. The molecule has 0 atom stereocenters. The molecule has 1 aliphatic rings. The molecule has 1 aromatic rings. The van der Waals surface area contributed by atoms with Crippen LogP contribution in [-0.2, 0) is 23.8 Å². The van der Waals surface area contributed by atoms with Crippen LogP contribution < -0.4 is 9.47 Å². The van der Waals surface area contributed by atoms with E-state index in [4.69, 9.17) is 21.1 Å². The molecule has 0 radical (unpaired) electrons. The number of ether oxygens (including phenoxy) is 2. The van der Waals surface area contributed by atoms with Crippen molar-refractivity contribution in [3.63, 3.8) is 0 Å². The smallest absolute Gasteiger partial charge is 0.198 e. The zero-order valence-corrected chi connectivity index (χ0v) is 16.0. The summed E-state index contributed by atoms with van der Waals surface area (Å²) in [5.41, 5.74) is 0.185. The number of benzene rings is 1. The van der Waals surface area contributed by atoms with Crippen LogP contribution >= 0.6 is 11.6 Å². The summed E-state index contributed by atoms with van der Waals surface area (Å²) in [6.45, 7) is 0. The van der Waals surface area contributed by atoms with Crippen molar-refractivity contribution in [1.29, 1.82) is 0 Å². The fraction of sp³-hybridized carbons (Fsp3) is 0.600. The van der Waals surface area contributed by atoms with E-state index in [2.05, 4.69) is 0 Å². The molecule has 0 saturated carbocycles. The van der Waals surface area contributed by atoms with E-state index in [1.165, 1.54) is 32.4 Å². The SMILES string of the molecule is COc1ccc(C2(CCCCl)S(=O)(=O)CCCS2(=O)=O)cc1OC. The summed E-state index contributed by atoms with van der Waals surface area (Å²) in [7, 11) is -4.94. The average molecular weight is 397 g/mol. The van der Waals surface area contributed by atoms with E-state index in [0.717, 1.165) is 0 Å². The minimum atomic E-state index is -3.91. The molecule has 1 heterocycles. The predicted molar refractivity (Wildman–Crippen MR) is 93.4 cm³/mol. The van der Waals surface area contributed by atoms with Crippen LogP contribution in [0.25, 0.3) is 0 Å². The molecule has 0 aromatic heterocycles. The van der Waals surface area contributed by atoms with Crippen molar-refractivity contribution in [2.45, 2.75) is 23.3 Å². The Morgan fingerprint density at radius 2 is 1.62 bits per heavy atom. The molecule has 0 amide bonds. The normalized spacial score (nSPS) is 21.1. The molecular weight excluding hydrogens is 376 g/mol. The highest BCUT2D eigenvalue weighted by Gasteiger charge is 2.57. The van der Waals surface area contributed by atoms with Gasteiger partial charge in [0.2, 0.25) is 0 Å². The second-order valence-electron chi connectivity index (χ2n) is 5.61. The average Bonchev–Trinajstić information content (AvgIpc) is 2.53. The first-order valence-electron chi connectivity index (χ1n) is 7.49.